The number of nitrogens with one attached hydrogen (secondary N) is 1. The smallest absolute Gasteiger partial charge is 0.259 e. The molecular weight excluding hydrogens is 230 g/mol. The molecule has 0 aromatic carbocycles. The van der Waals surface area contributed by atoms with Crippen molar-refractivity contribution in [3.05, 3.63) is 6.33 Å². The molecule has 3 saturated heterocycles. The maximum atomic E-state index is 5.82. The quantitative estimate of drug-likeness (QED) is 0.667. The summed E-state index contributed by atoms with van der Waals surface area (Å²) in [5.74, 6) is 1.35. The molecule has 2 bridgehead atoms. The highest BCUT2D eigenvalue weighted by molar-refractivity contribution is 5.83. The van der Waals surface area contributed by atoms with Crippen LogP contribution in [0.2, 0.25) is 0 Å². The van der Waals surface area contributed by atoms with Crippen molar-refractivity contribution in [1.29, 1.82) is 0 Å². The molecule has 94 valence electrons. The lowest BCUT2D eigenvalue weighted by molar-refractivity contribution is 0.0666. The summed E-state index contributed by atoms with van der Waals surface area (Å²) in [7, 11) is 0. The lowest BCUT2D eigenvalue weighted by atomic mass is 10.1. The van der Waals surface area contributed by atoms with E-state index in [0.29, 0.717) is 11.6 Å². The molecule has 0 saturated carbocycles. The van der Waals surface area contributed by atoms with Gasteiger partial charge in [-0.1, -0.05) is 0 Å². The van der Waals surface area contributed by atoms with E-state index in [-0.39, 0.29) is 0 Å². The molecule has 7 nitrogen and oxygen atoms in total. The molecule has 3 N–H and O–H groups in total. The molecule has 3 aliphatic heterocycles. The number of H-pyrrole nitrogens is 1. The van der Waals surface area contributed by atoms with Gasteiger partial charge in [0.25, 0.3) is 5.82 Å². The molecule has 0 aliphatic carbocycles. The van der Waals surface area contributed by atoms with Crippen LogP contribution in [0, 0.1) is 0 Å². The Labute approximate surface area is 104 Å². The van der Waals surface area contributed by atoms with Crippen LogP contribution in [0.5, 0.6) is 0 Å². The van der Waals surface area contributed by atoms with E-state index in [1.807, 2.05) is 0 Å². The minimum absolute atomic E-state index is 0.324. The zero-order valence-electron chi connectivity index (χ0n) is 10.1. The number of imidazole rings is 1. The SMILES string of the molecule is Nc1nc([N+]23CCN(CC2)CC3)c2[nH]cnc2n1. The molecule has 5 rings (SSSR count). The number of nitrogens with two attached hydrogens (primary N) is 1. The molecule has 2 aromatic heterocycles. The summed E-state index contributed by atoms with van der Waals surface area (Å²) in [6.07, 6.45) is 1.67. The molecule has 0 radical (unpaired) electrons. The Bertz CT molecular complexity index is 583. The van der Waals surface area contributed by atoms with E-state index in [4.69, 9.17) is 5.73 Å². The van der Waals surface area contributed by atoms with Gasteiger partial charge >= 0.3 is 0 Å². The van der Waals surface area contributed by atoms with Gasteiger partial charge in [-0.05, 0) is 0 Å². The molecular formula is C11H16N7+. The fourth-order valence-corrected chi connectivity index (χ4v) is 3.16. The third kappa shape index (κ3) is 1.28. The zero-order valence-corrected chi connectivity index (χ0v) is 10.1. The van der Waals surface area contributed by atoms with E-state index in [2.05, 4.69) is 24.8 Å². The molecule has 0 amide bonds. The van der Waals surface area contributed by atoms with Gasteiger partial charge in [0, 0.05) is 19.6 Å². The molecule has 0 unspecified atom stereocenters. The first-order valence-corrected chi connectivity index (χ1v) is 6.32. The number of quaternary nitrogens is 1. The second-order valence-corrected chi connectivity index (χ2v) is 5.16. The van der Waals surface area contributed by atoms with Crippen molar-refractivity contribution in [2.24, 2.45) is 0 Å². The van der Waals surface area contributed by atoms with Gasteiger partial charge in [-0.3, -0.25) is 9.38 Å². The molecule has 5 heterocycles. The minimum Gasteiger partial charge on any atom is -0.368 e. The van der Waals surface area contributed by atoms with Gasteiger partial charge in [-0.15, -0.1) is 0 Å². The van der Waals surface area contributed by atoms with Crippen molar-refractivity contribution in [3.8, 4) is 0 Å². The van der Waals surface area contributed by atoms with Crippen LogP contribution in [0.1, 0.15) is 0 Å². The average molecular weight is 246 g/mol. The third-order valence-corrected chi connectivity index (χ3v) is 4.27. The highest BCUT2D eigenvalue weighted by Gasteiger charge is 2.43. The number of nitrogens with zero attached hydrogens (tertiary/aromatic N) is 5. The Morgan fingerprint density at radius 1 is 1.17 bits per heavy atom. The first-order valence-electron chi connectivity index (χ1n) is 6.32. The van der Waals surface area contributed by atoms with Crippen LogP contribution in [0.15, 0.2) is 6.33 Å². The average Bonchev–Trinajstić information content (AvgIpc) is 2.88. The maximum Gasteiger partial charge on any atom is 0.259 e. The van der Waals surface area contributed by atoms with Crippen LogP contribution in [0.25, 0.3) is 11.2 Å². The van der Waals surface area contributed by atoms with Gasteiger partial charge in [0.05, 0.1) is 26.0 Å². The van der Waals surface area contributed by atoms with Crippen molar-refractivity contribution in [2.45, 2.75) is 0 Å². The molecule has 0 atom stereocenters. The fraction of sp³-hybridized carbons (Fsp3) is 0.545. The van der Waals surface area contributed by atoms with Crippen LogP contribution < -0.4 is 10.2 Å². The summed E-state index contributed by atoms with van der Waals surface area (Å²) in [6, 6.07) is 0. The zero-order chi connectivity index (χ0) is 12.2. The van der Waals surface area contributed by atoms with Crippen LogP contribution in [-0.4, -0.2) is 64.1 Å². The van der Waals surface area contributed by atoms with E-state index in [9.17, 15) is 0 Å². The highest BCUT2D eigenvalue weighted by Crippen LogP contribution is 2.32. The first-order chi connectivity index (χ1) is 8.77. The van der Waals surface area contributed by atoms with Crippen LogP contribution in [-0.2, 0) is 0 Å². The summed E-state index contributed by atoms with van der Waals surface area (Å²) < 4.78 is 0.919. The van der Waals surface area contributed by atoms with Crippen LogP contribution in [0.3, 0.4) is 0 Å². The number of aromatic nitrogens is 4. The van der Waals surface area contributed by atoms with Crippen LogP contribution in [0.4, 0.5) is 11.8 Å². The van der Waals surface area contributed by atoms with Crippen molar-refractivity contribution >= 4 is 22.9 Å². The van der Waals surface area contributed by atoms with Gasteiger partial charge in [-0.25, -0.2) is 4.98 Å². The number of rotatable bonds is 1. The van der Waals surface area contributed by atoms with E-state index < -0.39 is 0 Å². The summed E-state index contributed by atoms with van der Waals surface area (Å²) in [5.41, 5.74) is 7.44. The van der Waals surface area contributed by atoms with Gasteiger partial charge in [0.1, 0.15) is 0 Å². The van der Waals surface area contributed by atoms with Gasteiger partial charge in [-0.2, -0.15) is 9.97 Å². The Morgan fingerprint density at radius 3 is 2.61 bits per heavy atom. The largest absolute Gasteiger partial charge is 0.368 e. The monoisotopic (exact) mass is 246 g/mol. The number of aromatic amines is 1. The van der Waals surface area contributed by atoms with E-state index in [0.717, 1.165) is 55.1 Å². The molecule has 2 aromatic rings. The van der Waals surface area contributed by atoms with Gasteiger partial charge < -0.3 is 10.7 Å². The Hall–Kier alpha value is -1.73. The van der Waals surface area contributed by atoms with Crippen molar-refractivity contribution in [1.82, 2.24) is 29.3 Å². The second-order valence-electron chi connectivity index (χ2n) is 5.16. The predicted molar refractivity (Wildman–Crippen MR) is 68.9 cm³/mol. The number of fused-ring (bicyclic) bond motifs is 4. The molecule has 3 aliphatic rings. The van der Waals surface area contributed by atoms with Crippen LogP contribution >= 0.6 is 0 Å². The molecule has 18 heavy (non-hydrogen) atoms. The number of hydrogen-bond acceptors (Lipinski definition) is 5. The van der Waals surface area contributed by atoms with Gasteiger partial charge in [0.2, 0.25) is 5.95 Å². The van der Waals surface area contributed by atoms with Crippen molar-refractivity contribution in [3.63, 3.8) is 0 Å². The van der Waals surface area contributed by atoms with E-state index >= 15 is 0 Å². The lowest BCUT2D eigenvalue weighted by Crippen LogP contribution is -2.68. The van der Waals surface area contributed by atoms with E-state index in [1.165, 1.54) is 0 Å². The Kier molecular flexibility index (Phi) is 1.93. The second kappa shape index (κ2) is 3.39. The topological polar surface area (TPSA) is 83.7 Å². The predicted octanol–water partition coefficient (Wildman–Crippen LogP) is -0.428. The van der Waals surface area contributed by atoms with Crippen molar-refractivity contribution < 1.29 is 0 Å². The Balaban J connectivity index is 1.93. The minimum atomic E-state index is 0.324. The lowest BCUT2D eigenvalue weighted by Gasteiger charge is -2.49. The number of nitrogen functional groups attached to an aromatic ring is 1. The summed E-state index contributed by atoms with van der Waals surface area (Å²) in [4.78, 5) is 18.6. The van der Waals surface area contributed by atoms with Crippen molar-refractivity contribution in [2.75, 3.05) is 45.0 Å². The summed E-state index contributed by atoms with van der Waals surface area (Å²) in [5, 5.41) is 0. The number of piperazine rings is 3. The summed E-state index contributed by atoms with van der Waals surface area (Å²) >= 11 is 0. The third-order valence-electron chi connectivity index (χ3n) is 4.27. The maximum absolute atomic E-state index is 5.82. The highest BCUT2D eigenvalue weighted by atomic mass is 15.5. The standard InChI is InChI=1S/C11H16N7/c12-11-15-9-8(13-7-14-9)10(16-11)18-4-1-17(2-5-18)3-6-18/h7H,1-6H2,(H3,12,13,14,15,16)/q+1. The summed E-state index contributed by atoms with van der Waals surface area (Å²) in [6.45, 7) is 6.72. The number of anilines is 1. The first kappa shape index (κ1) is 10.2. The van der Waals surface area contributed by atoms with E-state index in [1.54, 1.807) is 6.33 Å². The molecule has 7 heteroatoms. The van der Waals surface area contributed by atoms with Gasteiger partial charge in [0.15, 0.2) is 11.2 Å². The normalized spacial score (nSPS) is 31.0. The fourth-order valence-electron chi connectivity index (χ4n) is 3.16. The Morgan fingerprint density at radius 2 is 1.89 bits per heavy atom. The molecule has 0 spiro atoms. The molecule has 3 fully saturated rings. The number of hydrogen-bond donors (Lipinski definition) is 2.